The first-order valence-electron chi connectivity index (χ1n) is 14.7. The highest BCUT2D eigenvalue weighted by atomic mass is 16.3. The molecule has 2 N–H and O–H groups in total. The molecule has 1 fully saturated rings. The Morgan fingerprint density at radius 2 is 1.48 bits per heavy atom. The third-order valence-corrected chi connectivity index (χ3v) is 8.46. The number of anilines is 1. The van der Waals surface area contributed by atoms with E-state index >= 15 is 0 Å². The molecular weight excluding hydrogens is 524 g/mol. The van der Waals surface area contributed by atoms with Gasteiger partial charge < -0.3 is 19.6 Å². The number of aromatic amines is 1. The molecule has 1 aliphatic heterocycles. The maximum atomic E-state index is 13.8. The van der Waals surface area contributed by atoms with Gasteiger partial charge in [-0.15, -0.1) is 0 Å². The van der Waals surface area contributed by atoms with E-state index in [9.17, 15) is 9.59 Å². The van der Waals surface area contributed by atoms with Crippen LogP contribution in [0.1, 0.15) is 17.5 Å². The first-order chi connectivity index (χ1) is 20.5. The Balaban J connectivity index is 1.15. The summed E-state index contributed by atoms with van der Waals surface area (Å²) in [6.45, 7) is 8.87. The van der Waals surface area contributed by atoms with Crippen molar-refractivity contribution in [3.05, 3.63) is 110 Å². The normalized spacial score (nSPS) is 14.8. The molecule has 6 aromatic rings. The summed E-state index contributed by atoms with van der Waals surface area (Å²) < 4.78 is 6.29. The fraction of sp³-hybridized carbons (Fsp3) is 0.257. The number of hydrogen-bond donors (Lipinski definition) is 2. The molecule has 0 radical (unpaired) electrons. The topological polar surface area (TPSA) is 81.6 Å². The average Bonchev–Trinajstić information content (AvgIpc) is 3.02. The van der Waals surface area contributed by atoms with Crippen LogP contribution in [-0.2, 0) is 6.54 Å². The van der Waals surface area contributed by atoms with Gasteiger partial charge in [0, 0.05) is 61.8 Å². The van der Waals surface area contributed by atoms with Crippen LogP contribution in [0.5, 0.6) is 0 Å². The Morgan fingerprint density at radius 3 is 2.24 bits per heavy atom. The summed E-state index contributed by atoms with van der Waals surface area (Å²) >= 11 is 0. The first-order valence-corrected chi connectivity index (χ1v) is 14.7. The highest BCUT2D eigenvalue weighted by Crippen LogP contribution is 2.31. The molecule has 42 heavy (non-hydrogen) atoms. The minimum atomic E-state index is -0.166. The molecule has 1 aromatic heterocycles. The number of benzene rings is 5. The van der Waals surface area contributed by atoms with Crippen molar-refractivity contribution in [1.29, 1.82) is 0 Å². The van der Waals surface area contributed by atoms with Crippen molar-refractivity contribution in [1.82, 2.24) is 14.8 Å². The van der Waals surface area contributed by atoms with Crippen LogP contribution in [0.4, 0.5) is 5.69 Å². The molecule has 0 unspecified atom stereocenters. The van der Waals surface area contributed by atoms with E-state index in [1.165, 1.54) is 5.56 Å². The first kappa shape index (κ1) is 26.4. The van der Waals surface area contributed by atoms with Crippen LogP contribution in [0.3, 0.4) is 0 Å². The van der Waals surface area contributed by atoms with E-state index in [-0.39, 0.29) is 10.9 Å². The number of nitrogens with zero attached hydrogens (tertiary/aromatic N) is 2. The molecule has 0 bridgehead atoms. The highest BCUT2D eigenvalue weighted by Gasteiger charge is 2.20. The Labute approximate surface area is 243 Å². The molecule has 0 spiro atoms. The van der Waals surface area contributed by atoms with Gasteiger partial charge in [0.2, 0.25) is 0 Å². The van der Waals surface area contributed by atoms with E-state index in [4.69, 9.17) is 4.42 Å². The van der Waals surface area contributed by atoms with Gasteiger partial charge in [0.05, 0.1) is 21.8 Å². The maximum Gasteiger partial charge on any atom is 0.196 e. The lowest BCUT2D eigenvalue weighted by Gasteiger charge is -2.34. The number of H-pyrrole nitrogens is 1. The average molecular weight is 559 g/mol. The van der Waals surface area contributed by atoms with Crippen LogP contribution >= 0.6 is 0 Å². The summed E-state index contributed by atoms with van der Waals surface area (Å²) in [5.74, 6) is 0. The quantitative estimate of drug-likeness (QED) is 0.145. The van der Waals surface area contributed by atoms with Crippen LogP contribution in [0.25, 0.3) is 43.7 Å². The predicted octanol–water partition coefficient (Wildman–Crippen LogP) is 5.87. The molecular formula is C35H34N4O3. The third kappa shape index (κ3) is 4.95. The van der Waals surface area contributed by atoms with E-state index in [0.717, 1.165) is 56.8 Å². The molecule has 1 saturated heterocycles. The van der Waals surface area contributed by atoms with Gasteiger partial charge in [-0.1, -0.05) is 60.7 Å². The van der Waals surface area contributed by atoms with Gasteiger partial charge in [-0.2, -0.15) is 0 Å². The smallest absolute Gasteiger partial charge is 0.196 e. The van der Waals surface area contributed by atoms with Crippen molar-refractivity contribution in [2.75, 3.05) is 44.6 Å². The second-order valence-electron chi connectivity index (χ2n) is 11.4. The summed E-state index contributed by atoms with van der Waals surface area (Å²) in [6.07, 6.45) is 0.921. The van der Waals surface area contributed by atoms with E-state index in [1.807, 2.05) is 31.2 Å². The molecule has 0 aliphatic carbocycles. The maximum absolute atomic E-state index is 13.8. The highest BCUT2D eigenvalue weighted by molar-refractivity contribution is 6.14. The fourth-order valence-electron chi connectivity index (χ4n) is 6.24. The van der Waals surface area contributed by atoms with Crippen molar-refractivity contribution in [2.45, 2.75) is 19.9 Å². The molecule has 0 saturated carbocycles. The number of nitrogens with one attached hydrogen (secondary N) is 2. The number of fused-ring (bicyclic) bond motifs is 5. The zero-order chi connectivity index (χ0) is 28.6. The van der Waals surface area contributed by atoms with Crippen LogP contribution in [0.15, 0.2) is 92.9 Å². The molecule has 7 rings (SSSR count). The molecule has 2 heterocycles. The Kier molecular flexibility index (Phi) is 6.98. The zero-order valence-corrected chi connectivity index (χ0v) is 23.8. The second kappa shape index (κ2) is 11.1. The van der Waals surface area contributed by atoms with E-state index < -0.39 is 0 Å². The molecule has 0 atom stereocenters. The van der Waals surface area contributed by atoms with Gasteiger partial charge in [-0.3, -0.25) is 14.5 Å². The van der Waals surface area contributed by atoms with Crippen LogP contribution in [0, 0.1) is 6.92 Å². The number of aromatic nitrogens is 1. The van der Waals surface area contributed by atoms with E-state index in [2.05, 4.69) is 50.4 Å². The molecule has 7 heteroatoms. The number of piperazine rings is 1. The van der Waals surface area contributed by atoms with Crippen molar-refractivity contribution in [3.8, 4) is 0 Å². The third-order valence-electron chi connectivity index (χ3n) is 8.46. The van der Waals surface area contributed by atoms with Crippen LogP contribution in [-0.4, -0.2) is 54.1 Å². The molecule has 0 amide bonds. The zero-order valence-electron chi connectivity index (χ0n) is 23.8. The van der Waals surface area contributed by atoms with Gasteiger partial charge in [-0.05, 0) is 43.1 Å². The molecule has 7 nitrogen and oxygen atoms in total. The summed E-state index contributed by atoms with van der Waals surface area (Å²) in [6, 6.07) is 25.5. The van der Waals surface area contributed by atoms with Crippen molar-refractivity contribution in [3.63, 3.8) is 0 Å². The van der Waals surface area contributed by atoms with Gasteiger partial charge in [0.1, 0.15) is 0 Å². The van der Waals surface area contributed by atoms with Gasteiger partial charge >= 0.3 is 0 Å². The molecule has 1 aliphatic rings. The van der Waals surface area contributed by atoms with E-state index in [1.54, 1.807) is 24.3 Å². The SMILES string of the molecule is Cc1ccc2oc3cc(NCCCN4CCN(Cc5ccccc5)CC4)c4c(=O)c5ccccc5c(=O)c4c3[nH]c2c1. The Bertz CT molecular complexity index is 2040. The van der Waals surface area contributed by atoms with Gasteiger partial charge in [0.15, 0.2) is 22.0 Å². The Hall–Kier alpha value is -4.46. The fourth-order valence-corrected chi connectivity index (χ4v) is 6.24. The van der Waals surface area contributed by atoms with Crippen molar-refractivity contribution < 1.29 is 4.42 Å². The standard InChI is InChI=1S/C35H34N4O3/c1-23-12-13-29-27(20-23)37-33-30(42-29)21-28(31-32(33)35(41)26-11-6-5-10-25(26)34(31)40)36-14-7-15-38-16-18-39(19-17-38)22-24-8-3-2-4-9-24/h2-6,8-13,20-21,36-37H,7,14-19,22H2,1H3. The van der Waals surface area contributed by atoms with Crippen molar-refractivity contribution in [2.24, 2.45) is 0 Å². The lowest BCUT2D eigenvalue weighted by atomic mass is 9.99. The summed E-state index contributed by atoms with van der Waals surface area (Å²) in [5, 5.41) is 5.16. The number of hydrogen-bond acceptors (Lipinski definition) is 6. The van der Waals surface area contributed by atoms with Crippen LogP contribution < -0.4 is 16.2 Å². The number of rotatable bonds is 7. The van der Waals surface area contributed by atoms with Crippen molar-refractivity contribution >= 4 is 49.4 Å². The predicted molar refractivity (Wildman–Crippen MR) is 172 cm³/mol. The second-order valence-corrected chi connectivity index (χ2v) is 11.4. The molecule has 212 valence electrons. The Morgan fingerprint density at radius 1 is 0.786 bits per heavy atom. The van der Waals surface area contributed by atoms with E-state index in [0.29, 0.717) is 50.5 Å². The minimum absolute atomic E-state index is 0.142. The lowest BCUT2D eigenvalue weighted by Crippen LogP contribution is -2.46. The number of aryl methyl sites for hydroxylation is 1. The lowest BCUT2D eigenvalue weighted by molar-refractivity contribution is 0.127. The monoisotopic (exact) mass is 558 g/mol. The van der Waals surface area contributed by atoms with Gasteiger partial charge in [0.25, 0.3) is 0 Å². The molecule has 5 aromatic carbocycles. The van der Waals surface area contributed by atoms with Gasteiger partial charge in [-0.25, -0.2) is 0 Å². The largest absolute Gasteiger partial charge is 0.453 e. The minimum Gasteiger partial charge on any atom is -0.453 e. The summed E-state index contributed by atoms with van der Waals surface area (Å²) in [4.78, 5) is 36.1. The summed E-state index contributed by atoms with van der Waals surface area (Å²) in [5.41, 5.74) is 5.34. The summed E-state index contributed by atoms with van der Waals surface area (Å²) in [7, 11) is 0. The van der Waals surface area contributed by atoms with Crippen LogP contribution in [0.2, 0.25) is 0 Å².